The number of hydrogen-bond donors (Lipinski definition) is 0. The summed E-state index contributed by atoms with van der Waals surface area (Å²) < 4.78 is 38.1. The van der Waals surface area contributed by atoms with Crippen molar-refractivity contribution in [3.8, 4) is 5.75 Å². The number of para-hydroxylation sites is 1. The molecule has 1 fully saturated rings. The smallest absolute Gasteiger partial charge is 0.356 e. The van der Waals surface area contributed by atoms with E-state index in [2.05, 4.69) is 12.1 Å². The lowest BCUT2D eigenvalue weighted by molar-refractivity contribution is 0.272. The molecule has 0 saturated carbocycles. The molecule has 152 valence electrons. The van der Waals surface area contributed by atoms with Gasteiger partial charge in [0.15, 0.2) is 16.2 Å². The molecular weight excluding hydrogens is 390 g/mol. The molecule has 1 aromatic heterocycles. The van der Waals surface area contributed by atoms with Crippen molar-refractivity contribution in [3.05, 3.63) is 70.6 Å². The highest BCUT2D eigenvalue weighted by Crippen LogP contribution is 2.28. The molecule has 3 aromatic rings. The maximum Gasteiger partial charge on any atom is 0.356 e. The Morgan fingerprint density at radius 3 is 2.48 bits per heavy atom. The van der Waals surface area contributed by atoms with Gasteiger partial charge in [-0.15, -0.1) is 0 Å². The number of fused-ring (bicyclic) bond motifs is 1. The summed E-state index contributed by atoms with van der Waals surface area (Å²) in [5, 5.41) is 0.515. The van der Waals surface area contributed by atoms with Crippen molar-refractivity contribution < 1.29 is 17.6 Å². The second-order valence-electron chi connectivity index (χ2n) is 7.31. The van der Waals surface area contributed by atoms with Crippen LogP contribution in [0.3, 0.4) is 0 Å². The van der Waals surface area contributed by atoms with E-state index in [1.54, 1.807) is 18.2 Å². The Labute approximate surface area is 169 Å². The summed E-state index contributed by atoms with van der Waals surface area (Å²) in [4.78, 5) is 12.1. The average Bonchev–Trinajstić information content (AvgIpc) is 2.74. The third-order valence-corrected chi connectivity index (χ3v) is 7.36. The van der Waals surface area contributed by atoms with Crippen molar-refractivity contribution in [2.24, 2.45) is 5.92 Å². The summed E-state index contributed by atoms with van der Waals surface area (Å²) >= 11 is 0. The van der Waals surface area contributed by atoms with Crippen LogP contribution < -0.4 is 10.4 Å². The molecule has 0 unspecified atom stereocenters. The first kappa shape index (κ1) is 19.7. The first-order valence-corrected chi connectivity index (χ1v) is 11.1. The van der Waals surface area contributed by atoms with E-state index >= 15 is 0 Å². The van der Waals surface area contributed by atoms with Gasteiger partial charge in [-0.1, -0.05) is 42.5 Å². The van der Waals surface area contributed by atoms with Crippen molar-refractivity contribution in [2.75, 3.05) is 20.2 Å². The zero-order chi connectivity index (χ0) is 20.4. The molecule has 0 bridgehead atoms. The Morgan fingerprint density at radius 2 is 1.79 bits per heavy atom. The fraction of sp³-hybridized carbons (Fsp3) is 0.318. The van der Waals surface area contributed by atoms with Crippen LogP contribution in [0.5, 0.6) is 5.75 Å². The van der Waals surface area contributed by atoms with E-state index in [-0.39, 0.29) is 10.5 Å². The zero-order valence-electron chi connectivity index (χ0n) is 16.2. The van der Waals surface area contributed by atoms with Crippen LogP contribution >= 0.6 is 0 Å². The van der Waals surface area contributed by atoms with Crippen LogP contribution in [-0.4, -0.2) is 32.9 Å². The summed E-state index contributed by atoms with van der Waals surface area (Å²) in [5.41, 5.74) is 0.645. The van der Waals surface area contributed by atoms with Gasteiger partial charge >= 0.3 is 5.63 Å². The molecule has 2 heterocycles. The normalized spacial score (nSPS) is 16.2. The average molecular weight is 413 g/mol. The summed E-state index contributed by atoms with van der Waals surface area (Å²) in [6.45, 7) is 0.796. The number of ether oxygens (including phenoxy) is 1. The molecule has 7 heteroatoms. The summed E-state index contributed by atoms with van der Waals surface area (Å²) in [6.07, 6.45) is 2.47. The van der Waals surface area contributed by atoms with Crippen LogP contribution in [0.15, 0.2) is 68.7 Å². The Kier molecular flexibility index (Phi) is 5.43. The fourth-order valence-corrected chi connectivity index (χ4v) is 5.38. The lowest BCUT2D eigenvalue weighted by Gasteiger charge is -2.31. The molecule has 2 aromatic carbocycles. The Hall–Kier alpha value is -2.64. The number of hydrogen-bond acceptors (Lipinski definition) is 5. The van der Waals surface area contributed by atoms with Crippen molar-refractivity contribution in [2.45, 2.75) is 24.2 Å². The van der Waals surface area contributed by atoms with Gasteiger partial charge in [0.25, 0.3) is 0 Å². The quantitative estimate of drug-likeness (QED) is 0.599. The van der Waals surface area contributed by atoms with E-state index in [0.717, 1.165) is 19.3 Å². The molecule has 0 radical (unpaired) electrons. The molecule has 1 aliphatic heterocycles. The minimum Gasteiger partial charge on any atom is -0.493 e. The van der Waals surface area contributed by atoms with Gasteiger partial charge in [0, 0.05) is 18.5 Å². The topological polar surface area (TPSA) is 76.8 Å². The maximum atomic E-state index is 13.1. The molecule has 29 heavy (non-hydrogen) atoms. The molecule has 6 nitrogen and oxygen atoms in total. The standard InChI is InChI=1S/C22H23NO5S/c1-27-19-9-5-8-18-15-20(22(24)28-21(18)19)29(25,26)23-12-10-17(11-13-23)14-16-6-3-2-4-7-16/h2-9,15,17H,10-14H2,1H3. The second kappa shape index (κ2) is 8.00. The number of benzene rings is 2. The molecule has 0 aliphatic carbocycles. The van der Waals surface area contributed by atoms with Gasteiger partial charge in [0.2, 0.25) is 10.0 Å². The van der Waals surface area contributed by atoms with Crippen LogP contribution in [0.25, 0.3) is 11.0 Å². The van der Waals surface area contributed by atoms with E-state index in [9.17, 15) is 13.2 Å². The third kappa shape index (κ3) is 3.93. The first-order valence-electron chi connectivity index (χ1n) is 9.64. The third-order valence-electron chi connectivity index (χ3n) is 5.47. The molecular formula is C22H23NO5S. The van der Waals surface area contributed by atoms with E-state index in [4.69, 9.17) is 9.15 Å². The predicted octanol–water partition coefficient (Wildman–Crippen LogP) is 3.45. The minimum absolute atomic E-state index is 0.250. The largest absolute Gasteiger partial charge is 0.493 e. The molecule has 1 saturated heterocycles. The Morgan fingerprint density at radius 1 is 1.07 bits per heavy atom. The monoisotopic (exact) mass is 413 g/mol. The van der Waals surface area contributed by atoms with E-state index in [0.29, 0.717) is 30.1 Å². The molecule has 0 amide bonds. The highest BCUT2D eigenvalue weighted by atomic mass is 32.2. The van der Waals surface area contributed by atoms with E-state index in [1.807, 2.05) is 18.2 Å². The zero-order valence-corrected chi connectivity index (χ0v) is 17.0. The van der Waals surface area contributed by atoms with Crippen LogP contribution in [0.4, 0.5) is 0 Å². The van der Waals surface area contributed by atoms with Crippen molar-refractivity contribution >= 4 is 21.0 Å². The van der Waals surface area contributed by atoms with E-state index in [1.165, 1.54) is 23.0 Å². The summed E-state index contributed by atoms with van der Waals surface area (Å²) in [5.74, 6) is 0.825. The summed E-state index contributed by atoms with van der Waals surface area (Å²) in [6, 6.07) is 16.7. The lowest BCUT2D eigenvalue weighted by atomic mass is 9.91. The first-order chi connectivity index (χ1) is 14.0. The number of sulfonamides is 1. The van der Waals surface area contributed by atoms with Gasteiger partial charge in [-0.3, -0.25) is 0 Å². The fourth-order valence-electron chi connectivity index (χ4n) is 3.88. The molecule has 0 atom stereocenters. The van der Waals surface area contributed by atoms with Crippen molar-refractivity contribution in [3.63, 3.8) is 0 Å². The van der Waals surface area contributed by atoms with Gasteiger partial charge in [-0.05, 0) is 42.9 Å². The second-order valence-corrected chi connectivity index (χ2v) is 9.22. The maximum absolute atomic E-state index is 13.1. The van der Waals surface area contributed by atoms with Gasteiger partial charge < -0.3 is 9.15 Å². The number of rotatable bonds is 5. The van der Waals surface area contributed by atoms with Crippen LogP contribution in [-0.2, 0) is 16.4 Å². The number of methoxy groups -OCH3 is 1. The highest BCUT2D eigenvalue weighted by molar-refractivity contribution is 7.89. The molecule has 0 spiro atoms. The van der Waals surface area contributed by atoms with Crippen LogP contribution in [0, 0.1) is 5.92 Å². The van der Waals surface area contributed by atoms with Gasteiger partial charge in [0.1, 0.15) is 0 Å². The summed E-state index contributed by atoms with van der Waals surface area (Å²) in [7, 11) is -2.44. The Bertz CT molecular complexity index is 1160. The SMILES string of the molecule is COc1cccc2cc(S(=O)(=O)N3CCC(Cc4ccccc4)CC3)c(=O)oc12. The minimum atomic E-state index is -3.91. The van der Waals surface area contributed by atoms with Crippen LogP contribution in [0.1, 0.15) is 18.4 Å². The highest BCUT2D eigenvalue weighted by Gasteiger charge is 2.32. The predicted molar refractivity (Wildman–Crippen MR) is 111 cm³/mol. The lowest BCUT2D eigenvalue weighted by Crippen LogP contribution is -2.40. The Balaban J connectivity index is 1.55. The molecule has 1 aliphatic rings. The van der Waals surface area contributed by atoms with Crippen molar-refractivity contribution in [1.29, 1.82) is 0 Å². The van der Waals surface area contributed by atoms with Crippen molar-refractivity contribution in [1.82, 2.24) is 4.31 Å². The van der Waals surface area contributed by atoms with Gasteiger partial charge in [0.05, 0.1) is 7.11 Å². The van der Waals surface area contributed by atoms with Crippen LogP contribution in [0.2, 0.25) is 0 Å². The molecule has 4 rings (SSSR count). The van der Waals surface area contributed by atoms with Gasteiger partial charge in [-0.2, -0.15) is 4.31 Å². The number of nitrogens with zero attached hydrogens (tertiary/aromatic N) is 1. The number of piperidine rings is 1. The molecule has 0 N–H and O–H groups in total. The van der Waals surface area contributed by atoms with E-state index < -0.39 is 15.6 Å². The van der Waals surface area contributed by atoms with Gasteiger partial charge in [-0.25, -0.2) is 13.2 Å².